The number of nitrogens with zero attached hydrogens (tertiary/aromatic N) is 1. The van der Waals surface area contributed by atoms with Crippen LogP contribution >= 0.6 is 11.8 Å². The molecule has 1 heterocycles. The molecule has 0 unspecified atom stereocenters. The minimum atomic E-state index is -0.466. The van der Waals surface area contributed by atoms with Crippen molar-refractivity contribution in [2.45, 2.75) is 6.61 Å². The highest BCUT2D eigenvalue weighted by atomic mass is 32.2. The van der Waals surface area contributed by atoms with E-state index in [0.29, 0.717) is 22.0 Å². The zero-order valence-electron chi connectivity index (χ0n) is 14.1. The average molecular weight is 386 g/mol. The first kappa shape index (κ1) is 18.5. The Kier molecular flexibility index (Phi) is 5.41. The van der Waals surface area contributed by atoms with Crippen molar-refractivity contribution in [1.29, 1.82) is 0 Å². The van der Waals surface area contributed by atoms with Gasteiger partial charge in [-0.05, 0) is 53.2 Å². The summed E-state index contributed by atoms with van der Waals surface area (Å²) in [4.78, 5) is 33.4. The monoisotopic (exact) mass is 386 g/mol. The summed E-state index contributed by atoms with van der Waals surface area (Å²) in [5.74, 6) is 0.507. The smallest absolute Gasteiger partial charge is 0.290 e. The maximum atomic E-state index is 11.7. The lowest BCUT2D eigenvalue weighted by atomic mass is 10.1. The minimum absolute atomic E-state index is 0.00633. The number of nitro groups is 1. The van der Waals surface area contributed by atoms with Gasteiger partial charge in [0.15, 0.2) is 11.5 Å². The summed E-state index contributed by atoms with van der Waals surface area (Å²) >= 11 is 0.833. The van der Waals surface area contributed by atoms with Gasteiger partial charge in [0.2, 0.25) is 0 Å². The normalized spacial score (nSPS) is 14.9. The van der Waals surface area contributed by atoms with Crippen LogP contribution < -0.4 is 14.8 Å². The van der Waals surface area contributed by atoms with Crippen LogP contribution in [0.25, 0.3) is 6.08 Å². The van der Waals surface area contributed by atoms with E-state index < -0.39 is 16.1 Å². The van der Waals surface area contributed by atoms with Gasteiger partial charge >= 0.3 is 0 Å². The van der Waals surface area contributed by atoms with E-state index in [4.69, 9.17) is 9.47 Å². The highest BCUT2D eigenvalue weighted by Gasteiger charge is 2.25. The van der Waals surface area contributed by atoms with Crippen LogP contribution in [0.2, 0.25) is 0 Å². The summed E-state index contributed by atoms with van der Waals surface area (Å²) in [7, 11) is 1.51. The number of benzene rings is 2. The molecule has 1 fully saturated rings. The van der Waals surface area contributed by atoms with Crippen LogP contribution in [0, 0.1) is 10.1 Å². The Bertz CT molecular complexity index is 939. The highest BCUT2D eigenvalue weighted by molar-refractivity contribution is 8.18. The number of nitro benzene ring substituents is 1. The van der Waals surface area contributed by atoms with Gasteiger partial charge in [-0.2, -0.15) is 0 Å². The van der Waals surface area contributed by atoms with Crippen LogP contribution in [0.4, 0.5) is 10.5 Å². The maximum Gasteiger partial charge on any atom is 0.290 e. The van der Waals surface area contributed by atoms with Gasteiger partial charge in [0.25, 0.3) is 16.8 Å². The van der Waals surface area contributed by atoms with Gasteiger partial charge in [-0.3, -0.25) is 25.0 Å². The number of ether oxygens (including phenoxy) is 2. The van der Waals surface area contributed by atoms with Crippen molar-refractivity contribution in [3.8, 4) is 11.5 Å². The molecular formula is C18H14N2O6S. The number of amides is 2. The lowest BCUT2D eigenvalue weighted by Crippen LogP contribution is -2.17. The molecule has 1 N–H and O–H groups in total. The molecule has 2 amide bonds. The third-order valence-electron chi connectivity index (χ3n) is 3.67. The van der Waals surface area contributed by atoms with Gasteiger partial charge in [-0.15, -0.1) is 0 Å². The first-order valence-corrected chi connectivity index (χ1v) is 8.57. The van der Waals surface area contributed by atoms with Gasteiger partial charge in [0, 0.05) is 12.1 Å². The average Bonchev–Trinajstić information content (AvgIpc) is 2.97. The first-order chi connectivity index (χ1) is 13.0. The molecule has 0 saturated carbocycles. The van der Waals surface area contributed by atoms with Gasteiger partial charge in [-0.25, -0.2) is 0 Å². The first-order valence-electron chi connectivity index (χ1n) is 7.75. The summed E-state index contributed by atoms with van der Waals surface area (Å²) in [5.41, 5.74) is 1.43. The Balaban J connectivity index is 1.77. The van der Waals surface area contributed by atoms with Crippen LogP contribution in [0.15, 0.2) is 47.4 Å². The molecule has 8 nitrogen and oxygen atoms in total. The fraction of sp³-hybridized carbons (Fsp3) is 0.111. The molecule has 0 aliphatic carbocycles. The van der Waals surface area contributed by atoms with Gasteiger partial charge in [0.1, 0.15) is 6.61 Å². The van der Waals surface area contributed by atoms with Crippen LogP contribution in [0.3, 0.4) is 0 Å². The molecule has 138 valence electrons. The highest BCUT2D eigenvalue weighted by Crippen LogP contribution is 2.32. The van der Waals surface area contributed by atoms with Crippen molar-refractivity contribution in [2.24, 2.45) is 0 Å². The maximum absolute atomic E-state index is 11.7. The minimum Gasteiger partial charge on any atom is -0.493 e. The van der Waals surface area contributed by atoms with Crippen LogP contribution in [-0.2, 0) is 11.4 Å². The van der Waals surface area contributed by atoms with E-state index in [0.717, 1.165) is 17.3 Å². The lowest BCUT2D eigenvalue weighted by molar-refractivity contribution is -0.384. The molecule has 9 heteroatoms. The number of thioether (sulfide) groups is 1. The quantitative estimate of drug-likeness (QED) is 0.460. The number of hydrogen-bond donors (Lipinski definition) is 1. The van der Waals surface area contributed by atoms with E-state index in [1.165, 1.54) is 19.2 Å². The van der Waals surface area contributed by atoms with Crippen molar-refractivity contribution in [2.75, 3.05) is 7.11 Å². The van der Waals surface area contributed by atoms with E-state index in [1.807, 2.05) is 0 Å². The van der Waals surface area contributed by atoms with E-state index in [-0.39, 0.29) is 12.3 Å². The van der Waals surface area contributed by atoms with Crippen LogP contribution in [0.1, 0.15) is 11.1 Å². The Morgan fingerprint density at radius 3 is 2.48 bits per heavy atom. The molecule has 27 heavy (non-hydrogen) atoms. The van der Waals surface area contributed by atoms with E-state index >= 15 is 0 Å². The third-order valence-corrected chi connectivity index (χ3v) is 4.48. The van der Waals surface area contributed by atoms with E-state index in [9.17, 15) is 19.7 Å². The standard InChI is InChI=1S/C18H14N2O6S/c1-25-14-7-4-12(9-16-17(21)19-18(22)27-16)8-15(14)26-10-11-2-5-13(6-3-11)20(23)24/h2-9H,10H2,1H3,(H,19,21,22)/b16-9+. The molecule has 0 spiro atoms. The van der Waals surface area contributed by atoms with E-state index in [1.54, 1.807) is 36.4 Å². The summed E-state index contributed by atoms with van der Waals surface area (Å²) in [6, 6.07) is 11.2. The number of non-ortho nitro benzene ring substituents is 1. The molecule has 2 aromatic rings. The van der Waals surface area contributed by atoms with E-state index in [2.05, 4.69) is 5.32 Å². The molecule has 1 saturated heterocycles. The van der Waals surface area contributed by atoms with Crippen LogP contribution in [-0.4, -0.2) is 23.2 Å². The zero-order chi connectivity index (χ0) is 19.4. The topological polar surface area (TPSA) is 108 Å². The Labute approximate surface area is 158 Å². The van der Waals surface area contributed by atoms with Crippen molar-refractivity contribution < 1.29 is 24.0 Å². The summed E-state index contributed by atoms with van der Waals surface area (Å²) in [5, 5.41) is 12.5. The van der Waals surface area contributed by atoms with Crippen molar-refractivity contribution in [3.05, 3.63) is 68.6 Å². The van der Waals surface area contributed by atoms with Gasteiger partial charge in [-0.1, -0.05) is 6.07 Å². The number of rotatable bonds is 6. The van der Waals surface area contributed by atoms with Gasteiger partial charge in [0.05, 0.1) is 16.9 Å². The largest absolute Gasteiger partial charge is 0.493 e. The van der Waals surface area contributed by atoms with Crippen molar-refractivity contribution in [1.82, 2.24) is 5.32 Å². The summed E-state index contributed by atoms with van der Waals surface area (Å²) in [6.07, 6.45) is 1.59. The molecule has 0 bridgehead atoms. The predicted octanol–water partition coefficient (Wildman–Crippen LogP) is 3.51. The number of nitrogens with one attached hydrogen (secondary N) is 1. The summed E-state index contributed by atoms with van der Waals surface area (Å²) in [6.45, 7) is 0.183. The molecule has 1 aliphatic heterocycles. The second-order valence-electron chi connectivity index (χ2n) is 5.47. The van der Waals surface area contributed by atoms with Crippen molar-refractivity contribution >= 4 is 34.7 Å². The Hall–Kier alpha value is -3.33. The van der Waals surface area contributed by atoms with Gasteiger partial charge < -0.3 is 9.47 Å². The fourth-order valence-electron chi connectivity index (χ4n) is 2.34. The molecule has 2 aromatic carbocycles. The molecule has 3 rings (SSSR count). The molecule has 1 aliphatic rings. The number of carbonyl (C=O) groups is 2. The summed E-state index contributed by atoms with van der Waals surface area (Å²) < 4.78 is 11.0. The SMILES string of the molecule is COc1ccc(/C=C2/SC(=O)NC2=O)cc1OCc1ccc([N+](=O)[O-])cc1. The lowest BCUT2D eigenvalue weighted by Gasteiger charge is -2.11. The molecule has 0 aromatic heterocycles. The molecule has 0 radical (unpaired) electrons. The Morgan fingerprint density at radius 1 is 1.15 bits per heavy atom. The number of hydrogen-bond acceptors (Lipinski definition) is 7. The number of imide groups is 1. The molecular weight excluding hydrogens is 372 g/mol. The zero-order valence-corrected chi connectivity index (χ0v) is 14.9. The fourth-order valence-corrected chi connectivity index (χ4v) is 3.03. The third kappa shape index (κ3) is 4.45. The second-order valence-corrected chi connectivity index (χ2v) is 6.49. The van der Waals surface area contributed by atoms with Crippen molar-refractivity contribution in [3.63, 3.8) is 0 Å². The predicted molar refractivity (Wildman–Crippen MR) is 99.5 cm³/mol. The number of carbonyl (C=O) groups excluding carboxylic acids is 2. The second kappa shape index (κ2) is 7.92. The Morgan fingerprint density at radius 2 is 1.89 bits per heavy atom. The molecule has 0 atom stereocenters. The van der Waals surface area contributed by atoms with Crippen LogP contribution in [0.5, 0.6) is 11.5 Å². The number of methoxy groups -OCH3 is 1.